The maximum Gasteiger partial charge on any atom is 0.232 e. The molecule has 7 heteroatoms. The second kappa shape index (κ2) is 5.01. The van der Waals surface area contributed by atoms with Crippen LogP contribution >= 0.6 is 15.9 Å². The van der Waals surface area contributed by atoms with Gasteiger partial charge < -0.3 is 4.74 Å². The number of sulfonamides is 1. The van der Waals surface area contributed by atoms with Gasteiger partial charge in [0.25, 0.3) is 0 Å². The van der Waals surface area contributed by atoms with Crippen LogP contribution < -0.4 is 9.46 Å². The normalized spacial score (nSPS) is 11.2. The molecule has 0 aromatic heterocycles. The van der Waals surface area contributed by atoms with Gasteiger partial charge in [-0.05, 0) is 28.9 Å². The third-order valence-corrected chi connectivity index (χ3v) is 3.80. The summed E-state index contributed by atoms with van der Waals surface area (Å²) in [4.78, 5) is 0. The van der Waals surface area contributed by atoms with Gasteiger partial charge in [0.1, 0.15) is 5.75 Å². The van der Waals surface area contributed by atoms with Crippen molar-refractivity contribution in [3.63, 3.8) is 0 Å². The largest absolute Gasteiger partial charge is 0.495 e. The van der Waals surface area contributed by atoms with E-state index in [2.05, 4.69) is 20.7 Å². The highest BCUT2D eigenvalue weighted by Crippen LogP contribution is 2.30. The van der Waals surface area contributed by atoms with Gasteiger partial charge in [0.15, 0.2) is 5.82 Å². The first-order chi connectivity index (χ1) is 7.39. The fourth-order valence-corrected chi connectivity index (χ4v) is 2.14. The zero-order chi connectivity index (χ0) is 12.3. The Balaban J connectivity index is 3.12. The molecule has 0 aliphatic carbocycles. The van der Waals surface area contributed by atoms with Crippen LogP contribution in [0.15, 0.2) is 16.6 Å². The summed E-state index contributed by atoms with van der Waals surface area (Å²) in [6.45, 7) is 1.47. The van der Waals surface area contributed by atoms with Crippen LogP contribution in [0.3, 0.4) is 0 Å². The molecule has 0 saturated heterocycles. The van der Waals surface area contributed by atoms with E-state index in [4.69, 9.17) is 4.74 Å². The standard InChI is InChI=1S/C9H11BrFNO3S/c1-3-16(13,14)12-8-4-6(10)9(15-2)5-7(8)11/h4-5,12H,3H2,1-2H3. The zero-order valence-corrected chi connectivity index (χ0v) is 11.2. The summed E-state index contributed by atoms with van der Waals surface area (Å²) < 4.78 is 43.5. The molecule has 16 heavy (non-hydrogen) atoms. The predicted octanol–water partition coefficient (Wildman–Crippen LogP) is 2.36. The van der Waals surface area contributed by atoms with Gasteiger partial charge >= 0.3 is 0 Å². The first kappa shape index (κ1) is 13.2. The molecule has 0 aliphatic rings. The fourth-order valence-electron chi connectivity index (χ4n) is 1.00. The monoisotopic (exact) mass is 311 g/mol. The molecule has 90 valence electrons. The highest BCUT2D eigenvalue weighted by atomic mass is 79.9. The van der Waals surface area contributed by atoms with Crippen LogP contribution in [-0.2, 0) is 10.0 Å². The molecule has 0 radical (unpaired) electrons. The number of nitrogens with one attached hydrogen (secondary N) is 1. The highest BCUT2D eigenvalue weighted by Gasteiger charge is 2.13. The van der Waals surface area contributed by atoms with Crippen molar-refractivity contribution in [3.05, 3.63) is 22.4 Å². The Morgan fingerprint density at radius 3 is 2.62 bits per heavy atom. The number of anilines is 1. The predicted molar refractivity (Wildman–Crippen MR) is 63.7 cm³/mol. The Bertz CT molecular complexity index is 490. The Hall–Kier alpha value is -0.820. The van der Waals surface area contributed by atoms with Crippen LogP contribution in [0.1, 0.15) is 6.92 Å². The minimum atomic E-state index is -3.48. The van der Waals surface area contributed by atoms with Crippen LogP contribution in [0.2, 0.25) is 0 Å². The van der Waals surface area contributed by atoms with Crippen molar-refractivity contribution < 1.29 is 17.5 Å². The smallest absolute Gasteiger partial charge is 0.232 e. The summed E-state index contributed by atoms with van der Waals surface area (Å²) >= 11 is 3.14. The summed E-state index contributed by atoms with van der Waals surface area (Å²) in [6, 6.07) is 2.43. The van der Waals surface area contributed by atoms with Crippen molar-refractivity contribution in [1.82, 2.24) is 0 Å². The summed E-state index contributed by atoms with van der Waals surface area (Å²) in [7, 11) is -2.08. The molecule has 4 nitrogen and oxygen atoms in total. The van der Waals surface area contributed by atoms with E-state index in [1.165, 1.54) is 20.1 Å². The third-order valence-electron chi connectivity index (χ3n) is 1.89. The first-order valence-electron chi connectivity index (χ1n) is 4.43. The van der Waals surface area contributed by atoms with Crippen molar-refractivity contribution in [2.24, 2.45) is 0 Å². The number of rotatable bonds is 4. The average molecular weight is 312 g/mol. The molecule has 0 amide bonds. The number of hydrogen-bond acceptors (Lipinski definition) is 3. The topological polar surface area (TPSA) is 55.4 Å². The molecule has 0 atom stereocenters. The van der Waals surface area contributed by atoms with Gasteiger partial charge in [0, 0.05) is 6.07 Å². The molecule has 0 bridgehead atoms. The van der Waals surface area contributed by atoms with E-state index in [9.17, 15) is 12.8 Å². The Labute approximate surface area is 102 Å². The number of hydrogen-bond donors (Lipinski definition) is 1. The van der Waals surface area contributed by atoms with Gasteiger partial charge in [-0.2, -0.15) is 0 Å². The van der Waals surface area contributed by atoms with E-state index >= 15 is 0 Å². The van der Waals surface area contributed by atoms with Crippen LogP contribution in [0.25, 0.3) is 0 Å². The maximum absolute atomic E-state index is 13.5. The second-order valence-electron chi connectivity index (χ2n) is 2.97. The second-order valence-corrected chi connectivity index (χ2v) is 5.84. The van der Waals surface area contributed by atoms with E-state index in [1.807, 2.05) is 0 Å². The molecule has 1 rings (SSSR count). The molecular weight excluding hydrogens is 301 g/mol. The molecule has 1 N–H and O–H groups in total. The van der Waals surface area contributed by atoms with Crippen molar-refractivity contribution in [1.29, 1.82) is 0 Å². The zero-order valence-electron chi connectivity index (χ0n) is 8.75. The number of halogens is 2. The van der Waals surface area contributed by atoms with Crippen molar-refractivity contribution >= 4 is 31.6 Å². The number of methoxy groups -OCH3 is 1. The molecule has 0 saturated carbocycles. The molecule has 0 spiro atoms. The van der Waals surface area contributed by atoms with Crippen LogP contribution in [0, 0.1) is 5.82 Å². The summed E-state index contributed by atoms with van der Waals surface area (Å²) in [6.07, 6.45) is 0. The molecule has 0 aliphatic heterocycles. The quantitative estimate of drug-likeness (QED) is 0.928. The maximum atomic E-state index is 13.5. The Morgan fingerprint density at radius 1 is 1.50 bits per heavy atom. The summed E-state index contributed by atoms with van der Waals surface area (Å²) in [5.74, 6) is -0.496. The molecule has 0 fully saturated rings. The fraction of sp³-hybridized carbons (Fsp3) is 0.333. The van der Waals surface area contributed by atoms with Gasteiger partial charge in [0.2, 0.25) is 10.0 Å². The lowest BCUT2D eigenvalue weighted by atomic mass is 10.3. The molecule has 0 unspecified atom stereocenters. The van der Waals surface area contributed by atoms with E-state index in [0.29, 0.717) is 10.2 Å². The van der Waals surface area contributed by atoms with Crippen molar-refractivity contribution in [2.45, 2.75) is 6.92 Å². The van der Waals surface area contributed by atoms with E-state index in [-0.39, 0.29) is 11.4 Å². The number of benzene rings is 1. The number of ether oxygens (including phenoxy) is 1. The van der Waals surface area contributed by atoms with E-state index in [1.54, 1.807) is 0 Å². The van der Waals surface area contributed by atoms with E-state index in [0.717, 1.165) is 6.07 Å². The average Bonchev–Trinajstić information content (AvgIpc) is 2.22. The van der Waals surface area contributed by atoms with Crippen LogP contribution in [-0.4, -0.2) is 21.3 Å². The SMILES string of the molecule is CCS(=O)(=O)Nc1cc(Br)c(OC)cc1F. The lowest BCUT2D eigenvalue weighted by Gasteiger charge is -2.10. The molecule has 0 heterocycles. The minimum absolute atomic E-state index is 0.102. The van der Waals surface area contributed by atoms with Gasteiger partial charge in [-0.3, -0.25) is 4.72 Å². The molecular formula is C9H11BrFNO3S. The van der Waals surface area contributed by atoms with E-state index < -0.39 is 15.8 Å². The first-order valence-corrected chi connectivity index (χ1v) is 6.87. The van der Waals surface area contributed by atoms with Gasteiger partial charge in [0.05, 0.1) is 23.0 Å². The summed E-state index contributed by atoms with van der Waals surface area (Å²) in [5.41, 5.74) is -0.102. The Kier molecular flexibility index (Phi) is 4.15. The Morgan fingerprint density at radius 2 is 2.12 bits per heavy atom. The lowest BCUT2D eigenvalue weighted by Crippen LogP contribution is -2.15. The van der Waals surface area contributed by atoms with Gasteiger partial charge in [-0.15, -0.1) is 0 Å². The minimum Gasteiger partial charge on any atom is -0.495 e. The van der Waals surface area contributed by atoms with Crippen LogP contribution in [0.5, 0.6) is 5.75 Å². The van der Waals surface area contributed by atoms with Gasteiger partial charge in [-0.1, -0.05) is 0 Å². The van der Waals surface area contributed by atoms with Crippen molar-refractivity contribution in [3.8, 4) is 5.75 Å². The van der Waals surface area contributed by atoms with Crippen molar-refractivity contribution in [2.75, 3.05) is 17.6 Å². The summed E-state index contributed by atoms with van der Waals surface area (Å²) in [5, 5.41) is 0. The molecule has 1 aromatic rings. The van der Waals surface area contributed by atoms with Gasteiger partial charge in [-0.25, -0.2) is 12.8 Å². The van der Waals surface area contributed by atoms with Crippen LogP contribution in [0.4, 0.5) is 10.1 Å². The lowest BCUT2D eigenvalue weighted by molar-refractivity contribution is 0.409. The molecule has 1 aromatic carbocycles. The third kappa shape index (κ3) is 3.08. The highest BCUT2D eigenvalue weighted by molar-refractivity contribution is 9.10.